The molecule has 0 aliphatic carbocycles. The average molecular weight is 533 g/mol. The number of para-hydroxylation sites is 1. The monoisotopic (exact) mass is 532 g/mol. The number of aromatic amines is 1. The predicted molar refractivity (Wildman–Crippen MR) is 138 cm³/mol. The third-order valence-electron chi connectivity index (χ3n) is 6.33. The summed E-state index contributed by atoms with van der Waals surface area (Å²) in [7, 11) is 0. The summed E-state index contributed by atoms with van der Waals surface area (Å²) in [4.78, 5) is 64.8. The molecule has 1 aromatic carbocycles. The highest BCUT2D eigenvalue weighted by atomic mass is 16.4. The number of H-pyrrole nitrogens is 1. The second-order valence-electron chi connectivity index (χ2n) is 9.34. The van der Waals surface area contributed by atoms with E-state index in [2.05, 4.69) is 20.9 Å². The highest BCUT2D eigenvalue weighted by Crippen LogP contribution is 2.19. The molecule has 0 fully saturated rings. The molecule has 0 radical (unpaired) electrons. The van der Waals surface area contributed by atoms with Gasteiger partial charge in [-0.05, 0) is 24.5 Å². The molecule has 1 heterocycles. The Balaban J connectivity index is 2.30. The summed E-state index contributed by atoms with van der Waals surface area (Å²) in [6.45, 7) is 4.68. The molecule has 38 heavy (non-hydrogen) atoms. The third kappa shape index (κ3) is 8.02. The summed E-state index contributed by atoms with van der Waals surface area (Å²) in [6, 6.07) is 1.96. The van der Waals surface area contributed by atoms with Crippen LogP contribution < -0.4 is 27.4 Å². The molecule has 208 valence electrons. The second-order valence-corrected chi connectivity index (χ2v) is 9.34. The minimum absolute atomic E-state index is 0.0242. The van der Waals surface area contributed by atoms with Crippen molar-refractivity contribution < 1.29 is 34.2 Å². The van der Waals surface area contributed by atoms with Crippen molar-refractivity contribution in [2.24, 2.45) is 17.4 Å². The molecule has 0 saturated carbocycles. The van der Waals surface area contributed by atoms with E-state index in [1.54, 1.807) is 26.1 Å². The number of rotatable bonds is 14. The maximum Gasteiger partial charge on any atom is 0.326 e. The van der Waals surface area contributed by atoms with E-state index >= 15 is 0 Å². The Hall–Kier alpha value is -3.97. The first-order valence-corrected chi connectivity index (χ1v) is 12.3. The Morgan fingerprint density at radius 3 is 2.18 bits per heavy atom. The molecule has 0 bridgehead atoms. The SMILES string of the molecule is CCC(C)C(NC(=O)C(NC(=O)C(Cc1c[nH]c2ccccc12)NC(=O)C(N)CC(N)=O)C(C)O)C(=O)O. The number of nitrogens with two attached hydrogens (primary N) is 2. The quantitative estimate of drug-likeness (QED) is 0.148. The van der Waals surface area contributed by atoms with Crippen molar-refractivity contribution in [2.45, 2.75) is 70.3 Å². The van der Waals surface area contributed by atoms with Gasteiger partial charge in [0.15, 0.2) is 0 Å². The van der Waals surface area contributed by atoms with Crippen molar-refractivity contribution in [3.63, 3.8) is 0 Å². The molecule has 2 rings (SSSR count). The summed E-state index contributed by atoms with van der Waals surface area (Å²) >= 11 is 0. The molecule has 0 spiro atoms. The van der Waals surface area contributed by atoms with Gasteiger partial charge in [-0.3, -0.25) is 19.2 Å². The Kier molecular flexibility index (Phi) is 10.8. The van der Waals surface area contributed by atoms with Crippen LogP contribution in [0.15, 0.2) is 30.5 Å². The molecule has 6 atom stereocenters. The number of carbonyl (C=O) groups is 5. The molecule has 0 aliphatic heterocycles. The lowest BCUT2D eigenvalue weighted by molar-refractivity contribution is -0.144. The largest absolute Gasteiger partial charge is 0.480 e. The number of aromatic nitrogens is 1. The summed E-state index contributed by atoms with van der Waals surface area (Å²) in [5.41, 5.74) is 12.3. The summed E-state index contributed by atoms with van der Waals surface area (Å²) in [6.07, 6.45) is 0.268. The van der Waals surface area contributed by atoms with Crippen LogP contribution in [0.25, 0.3) is 10.9 Å². The van der Waals surface area contributed by atoms with Crippen LogP contribution in [-0.2, 0) is 30.4 Å². The minimum Gasteiger partial charge on any atom is -0.480 e. The molecule has 2 aromatic rings. The van der Waals surface area contributed by atoms with Gasteiger partial charge in [0.25, 0.3) is 0 Å². The van der Waals surface area contributed by atoms with E-state index in [4.69, 9.17) is 11.5 Å². The number of carboxylic acid groups (broad SMARTS) is 1. The lowest BCUT2D eigenvalue weighted by Crippen LogP contribution is -2.60. The summed E-state index contributed by atoms with van der Waals surface area (Å²) in [5, 5.41) is 27.8. The van der Waals surface area contributed by atoms with Crippen molar-refractivity contribution >= 4 is 40.5 Å². The van der Waals surface area contributed by atoms with Crippen LogP contribution in [0.1, 0.15) is 39.2 Å². The first-order valence-electron chi connectivity index (χ1n) is 12.3. The van der Waals surface area contributed by atoms with Gasteiger partial charge in [0.1, 0.15) is 18.1 Å². The van der Waals surface area contributed by atoms with Gasteiger partial charge in [-0.15, -0.1) is 0 Å². The van der Waals surface area contributed by atoms with Crippen LogP contribution in [0, 0.1) is 5.92 Å². The van der Waals surface area contributed by atoms with Crippen molar-refractivity contribution in [2.75, 3.05) is 0 Å². The molecule has 0 saturated heterocycles. The maximum absolute atomic E-state index is 13.3. The number of fused-ring (bicyclic) bond motifs is 1. The lowest BCUT2D eigenvalue weighted by Gasteiger charge is -2.27. The number of primary amides is 1. The topological polar surface area (TPSA) is 230 Å². The minimum atomic E-state index is -1.52. The summed E-state index contributed by atoms with van der Waals surface area (Å²) < 4.78 is 0. The second kappa shape index (κ2) is 13.5. The number of hydrogen-bond donors (Lipinski definition) is 8. The van der Waals surface area contributed by atoms with Crippen molar-refractivity contribution in [3.8, 4) is 0 Å². The highest BCUT2D eigenvalue weighted by molar-refractivity contribution is 5.96. The van der Waals surface area contributed by atoms with Crippen molar-refractivity contribution in [3.05, 3.63) is 36.0 Å². The van der Waals surface area contributed by atoms with E-state index in [0.717, 1.165) is 10.9 Å². The maximum atomic E-state index is 13.3. The number of benzene rings is 1. The van der Waals surface area contributed by atoms with Gasteiger partial charge in [-0.1, -0.05) is 38.5 Å². The van der Waals surface area contributed by atoms with Crippen LogP contribution in [0.4, 0.5) is 0 Å². The lowest BCUT2D eigenvalue weighted by atomic mass is 9.98. The molecular weight excluding hydrogens is 496 g/mol. The van der Waals surface area contributed by atoms with Gasteiger partial charge < -0.3 is 42.6 Å². The van der Waals surface area contributed by atoms with Gasteiger partial charge >= 0.3 is 5.97 Å². The fraction of sp³-hybridized carbons (Fsp3) is 0.480. The fourth-order valence-corrected chi connectivity index (χ4v) is 3.90. The highest BCUT2D eigenvalue weighted by Gasteiger charge is 2.34. The van der Waals surface area contributed by atoms with Gasteiger partial charge in [-0.2, -0.15) is 0 Å². The van der Waals surface area contributed by atoms with Crippen LogP contribution in [-0.4, -0.2) is 75.1 Å². The average Bonchev–Trinajstić information content (AvgIpc) is 3.26. The smallest absolute Gasteiger partial charge is 0.326 e. The zero-order valence-corrected chi connectivity index (χ0v) is 21.6. The van der Waals surface area contributed by atoms with Crippen LogP contribution in [0.2, 0.25) is 0 Å². The fourth-order valence-electron chi connectivity index (χ4n) is 3.90. The number of aliphatic hydroxyl groups is 1. The first kappa shape index (κ1) is 30.3. The molecular formula is C25H36N6O7. The number of carboxylic acids is 1. The van der Waals surface area contributed by atoms with Crippen LogP contribution >= 0.6 is 0 Å². The Bertz CT molecular complexity index is 1160. The van der Waals surface area contributed by atoms with E-state index in [0.29, 0.717) is 12.0 Å². The molecule has 13 nitrogen and oxygen atoms in total. The van der Waals surface area contributed by atoms with Gasteiger partial charge in [0.2, 0.25) is 23.6 Å². The van der Waals surface area contributed by atoms with E-state index in [1.807, 2.05) is 18.2 Å². The molecule has 0 aliphatic rings. The molecule has 13 heteroatoms. The zero-order chi connectivity index (χ0) is 28.6. The number of aliphatic carboxylic acids is 1. The standard InChI is InChI=1S/C25H36N6O7/c1-4-12(2)20(25(37)38)30-24(36)21(13(3)32)31-23(35)18(29-22(34)16(26)10-19(27)33)9-14-11-28-17-8-6-5-7-15(14)17/h5-8,11-13,16,18,20-21,28,32H,4,9-10,26H2,1-3H3,(H2,27,33)(H,29,34)(H,30,36)(H,31,35)(H,37,38). The third-order valence-corrected chi connectivity index (χ3v) is 6.33. The molecule has 10 N–H and O–H groups in total. The van der Waals surface area contributed by atoms with Gasteiger partial charge in [-0.25, -0.2) is 4.79 Å². The molecule has 4 amide bonds. The van der Waals surface area contributed by atoms with E-state index in [1.165, 1.54) is 6.92 Å². The molecule has 6 unspecified atom stereocenters. The number of hydrogen-bond acceptors (Lipinski definition) is 7. The number of amides is 4. The number of nitrogens with one attached hydrogen (secondary N) is 4. The Morgan fingerprint density at radius 1 is 0.974 bits per heavy atom. The van der Waals surface area contributed by atoms with E-state index in [9.17, 15) is 34.2 Å². The zero-order valence-electron chi connectivity index (χ0n) is 21.6. The van der Waals surface area contributed by atoms with Gasteiger partial charge in [0, 0.05) is 23.5 Å². The van der Waals surface area contributed by atoms with Gasteiger partial charge in [0.05, 0.1) is 18.6 Å². The van der Waals surface area contributed by atoms with E-state index in [-0.39, 0.29) is 6.42 Å². The van der Waals surface area contributed by atoms with Crippen molar-refractivity contribution in [1.29, 1.82) is 0 Å². The summed E-state index contributed by atoms with van der Waals surface area (Å²) in [5.74, 6) is -5.01. The van der Waals surface area contributed by atoms with E-state index < -0.39 is 72.2 Å². The van der Waals surface area contributed by atoms with Crippen LogP contribution in [0.5, 0.6) is 0 Å². The Labute approximate surface area is 219 Å². The van der Waals surface area contributed by atoms with Crippen LogP contribution in [0.3, 0.4) is 0 Å². The van der Waals surface area contributed by atoms with Crippen molar-refractivity contribution in [1.82, 2.24) is 20.9 Å². The number of aliphatic hydroxyl groups excluding tert-OH is 1. The predicted octanol–water partition coefficient (Wildman–Crippen LogP) is -1.12. The number of carbonyl (C=O) groups excluding carboxylic acids is 4. The first-order chi connectivity index (χ1) is 17.8. The normalized spacial score (nSPS) is 15.9. The Morgan fingerprint density at radius 2 is 1.61 bits per heavy atom. The molecule has 1 aromatic heterocycles.